The van der Waals surface area contributed by atoms with Gasteiger partial charge in [-0.2, -0.15) is 8.42 Å². The molecule has 0 aromatic rings. The van der Waals surface area contributed by atoms with Crippen molar-refractivity contribution in [3.05, 3.63) is 0 Å². The maximum atomic E-state index is 8.74. The molecule has 6 nitrogen and oxygen atoms in total. The summed E-state index contributed by atoms with van der Waals surface area (Å²) in [5.74, 6) is 0. The minimum absolute atomic E-state index is 0. The molecule has 0 aromatic heterocycles. The van der Waals surface area contributed by atoms with Crippen LogP contribution in [0.2, 0.25) is 0 Å². The summed E-state index contributed by atoms with van der Waals surface area (Å²) >= 11 is 0. The average molecular weight is 239 g/mol. The van der Waals surface area contributed by atoms with Crippen molar-refractivity contribution in [3.63, 3.8) is 0 Å². The Bertz CT molecular complexity index is 97.2. The fourth-order valence-corrected chi connectivity index (χ4v) is 0. The van der Waals surface area contributed by atoms with E-state index >= 15 is 0 Å². The van der Waals surface area contributed by atoms with Gasteiger partial charge in [0.05, 0.1) is 0 Å². The zero-order valence-corrected chi connectivity index (χ0v) is 6.22. The molecule has 8 heteroatoms. The van der Waals surface area contributed by atoms with E-state index in [-0.39, 0.29) is 32.7 Å². The Kier molecular flexibility index (Phi) is 22.1. The molecule has 0 unspecified atom stereocenters. The molecular weight excluding hydrogens is 230 g/mol. The van der Waals surface area contributed by atoms with Crippen molar-refractivity contribution in [2.45, 2.75) is 0 Å². The largest absolute Gasteiger partial charge is 0.394 e. The molecule has 8 N–H and O–H groups in total. The van der Waals surface area contributed by atoms with Gasteiger partial charge in [-0.05, 0) is 0 Å². The van der Waals surface area contributed by atoms with Crippen molar-refractivity contribution < 1.29 is 37.9 Å². The average Bonchev–Trinajstić information content (AvgIpc) is 0.722. The third-order valence-electron chi connectivity index (χ3n) is 0. The molecule has 0 atom stereocenters. The predicted molar refractivity (Wildman–Crippen MR) is 24.2 cm³/mol. The molecule has 0 rings (SSSR count). The molecule has 0 spiro atoms. The molecular formula is H8N2O4PdS. The molecule has 58 valence electrons. The standard InChI is InChI=1S/2H3N.H2O4S.Pd/c;;1-5(2,3)4;/h2*1H3;(H2,1,2,3,4);. The van der Waals surface area contributed by atoms with Crippen LogP contribution in [0.5, 0.6) is 0 Å². The van der Waals surface area contributed by atoms with Gasteiger partial charge in [0.25, 0.3) is 0 Å². The molecule has 0 heterocycles. The van der Waals surface area contributed by atoms with E-state index in [1.807, 2.05) is 0 Å². The van der Waals surface area contributed by atoms with Crippen molar-refractivity contribution in [2.24, 2.45) is 0 Å². The number of rotatable bonds is 0. The molecule has 0 radical (unpaired) electrons. The summed E-state index contributed by atoms with van der Waals surface area (Å²) in [4.78, 5) is 0. The van der Waals surface area contributed by atoms with Crippen LogP contribution in [-0.2, 0) is 30.8 Å². The second-order valence-electron chi connectivity index (χ2n) is 0.448. The van der Waals surface area contributed by atoms with Crippen LogP contribution in [0.1, 0.15) is 0 Å². The Hall–Kier alpha value is 0.452. The number of hydrogen-bond donors (Lipinski definition) is 4. The fraction of sp³-hybridized carbons (Fsp3) is 0. The van der Waals surface area contributed by atoms with E-state index in [4.69, 9.17) is 17.5 Å². The van der Waals surface area contributed by atoms with Gasteiger partial charge in [-0.3, -0.25) is 9.11 Å². The first-order valence-electron chi connectivity index (χ1n) is 0.698. The third-order valence-corrected chi connectivity index (χ3v) is 0. The van der Waals surface area contributed by atoms with Gasteiger partial charge >= 0.3 is 10.4 Å². The minimum atomic E-state index is -4.67. The zero-order chi connectivity index (χ0) is 4.50. The monoisotopic (exact) mass is 238 g/mol. The van der Waals surface area contributed by atoms with Crippen LogP contribution in [0.4, 0.5) is 0 Å². The second-order valence-corrected chi connectivity index (χ2v) is 1.34. The van der Waals surface area contributed by atoms with Crippen LogP contribution in [0, 0.1) is 0 Å². The van der Waals surface area contributed by atoms with E-state index in [0.29, 0.717) is 0 Å². The van der Waals surface area contributed by atoms with Crippen LogP contribution in [0.25, 0.3) is 0 Å². The summed E-state index contributed by atoms with van der Waals surface area (Å²) < 4.78 is 31.6. The van der Waals surface area contributed by atoms with Crippen LogP contribution >= 0.6 is 0 Å². The van der Waals surface area contributed by atoms with E-state index in [2.05, 4.69) is 0 Å². The van der Waals surface area contributed by atoms with Gasteiger partial charge in [-0.1, -0.05) is 0 Å². The number of hydrogen-bond acceptors (Lipinski definition) is 4. The zero-order valence-electron chi connectivity index (χ0n) is 3.85. The van der Waals surface area contributed by atoms with Gasteiger partial charge in [-0.25, -0.2) is 0 Å². The van der Waals surface area contributed by atoms with Gasteiger partial charge in [-0.15, -0.1) is 0 Å². The molecule has 0 bridgehead atoms. The fourth-order valence-electron chi connectivity index (χ4n) is 0. The Labute approximate surface area is 61.1 Å². The Morgan fingerprint density at radius 2 is 1.00 bits per heavy atom. The van der Waals surface area contributed by atoms with Gasteiger partial charge in [0.1, 0.15) is 0 Å². The Balaban J connectivity index is -0.0000000267. The Morgan fingerprint density at radius 3 is 1.00 bits per heavy atom. The SMILES string of the molecule is N.N.O=S(=O)(O)O.[Pd]. The van der Waals surface area contributed by atoms with Crippen molar-refractivity contribution in [3.8, 4) is 0 Å². The van der Waals surface area contributed by atoms with Crippen LogP contribution in [0.15, 0.2) is 0 Å². The summed E-state index contributed by atoms with van der Waals surface area (Å²) in [5, 5.41) is 0. The molecule has 0 amide bonds. The van der Waals surface area contributed by atoms with Gasteiger partial charge in [0.2, 0.25) is 0 Å². The maximum absolute atomic E-state index is 8.74. The summed E-state index contributed by atoms with van der Waals surface area (Å²) in [6.45, 7) is 0. The molecule has 0 aliphatic heterocycles. The van der Waals surface area contributed by atoms with E-state index in [1.165, 1.54) is 0 Å². The van der Waals surface area contributed by atoms with E-state index in [0.717, 1.165) is 0 Å². The quantitative estimate of drug-likeness (QED) is 0.336. The summed E-state index contributed by atoms with van der Waals surface area (Å²) in [6.07, 6.45) is 0. The topological polar surface area (TPSA) is 145 Å². The molecule has 0 aliphatic rings. The van der Waals surface area contributed by atoms with Gasteiger partial charge in [0, 0.05) is 20.4 Å². The molecule has 0 aliphatic carbocycles. The second kappa shape index (κ2) is 7.45. The molecule has 8 heavy (non-hydrogen) atoms. The van der Waals surface area contributed by atoms with Crippen LogP contribution in [0.3, 0.4) is 0 Å². The maximum Gasteiger partial charge on any atom is 0.394 e. The van der Waals surface area contributed by atoms with Crippen LogP contribution in [-0.4, -0.2) is 17.5 Å². The third kappa shape index (κ3) is 937. The first-order chi connectivity index (χ1) is 2.00. The first kappa shape index (κ1) is 23.7. The van der Waals surface area contributed by atoms with E-state index < -0.39 is 10.4 Å². The Morgan fingerprint density at radius 1 is 1.00 bits per heavy atom. The molecule has 0 saturated heterocycles. The van der Waals surface area contributed by atoms with Gasteiger partial charge < -0.3 is 12.3 Å². The summed E-state index contributed by atoms with van der Waals surface area (Å²) in [7, 11) is -4.67. The molecule has 0 saturated carbocycles. The first-order valence-corrected chi connectivity index (χ1v) is 2.10. The van der Waals surface area contributed by atoms with Crippen molar-refractivity contribution in [1.29, 1.82) is 0 Å². The van der Waals surface area contributed by atoms with Crippen molar-refractivity contribution in [2.75, 3.05) is 0 Å². The minimum Gasteiger partial charge on any atom is -0.344 e. The van der Waals surface area contributed by atoms with Crippen molar-refractivity contribution in [1.82, 2.24) is 12.3 Å². The van der Waals surface area contributed by atoms with E-state index in [9.17, 15) is 0 Å². The smallest absolute Gasteiger partial charge is 0.344 e. The normalized spacial score (nSPS) is 7.25. The van der Waals surface area contributed by atoms with Crippen molar-refractivity contribution >= 4 is 10.4 Å². The van der Waals surface area contributed by atoms with Gasteiger partial charge in [0.15, 0.2) is 0 Å². The predicted octanol–water partition coefficient (Wildman–Crippen LogP) is -0.331. The molecule has 0 aromatic carbocycles. The van der Waals surface area contributed by atoms with Crippen LogP contribution < -0.4 is 12.3 Å². The molecule has 0 fully saturated rings. The summed E-state index contributed by atoms with van der Waals surface area (Å²) in [5.41, 5.74) is 0. The summed E-state index contributed by atoms with van der Waals surface area (Å²) in [6, 6.07) is 0. The van der Waals surface area contributed by atoms with E-state index in [1.54, 1.807) is 0 Å².